The highest BCUT2D eigenvalue weighted by Crippen LogP contribution is 2.17. The van der Waals surface area contributed by atoms with Crippen LogP contribution in [-0.2, 0) is 0 Å². The van der Waals surface area contributed by atoms with Gasteiger partial charge in [0.2, 0.25) is 0 Å². The average Bonchev–Trinajstić information content (AvgIpc) is 2.02. The maximum Gasteiger partial charge on any atom is 0.0401 e. The van der Waals surface area contributed by atoms with Gasteiger partial charge in [0.15, 0.2) is 0 Å². The molecule has 0 aromatic carbocycles. The normalized spacial score (nSPS) is 19.7. The minimum atomic E-state index is 1.15. The fraction of sp³-hybridized carbons (Fsp3) is 0.545. The summed E-state index contributed by atoms with van der Waals surface area (Å²) >= 11 is 0. The van der Waals surface area contributed by atoms with Crippen LogP contribution in [0.25, 0.3) is 0 Å². The van der Waals surface area contributed by atoms with E-state index in [1.54, 1.807) is 0 Å². The van der Waals surface area contributed by atoms with Gasteiger partial charge in [0.25, 0.3) is 0 Å². The van der Waals surface area contributed by atoms with Gasteiger partial charge in [-0.1, -0.05) is 11.6 Å². The van der Waals surface area contributed by atoms with Crippen molar-refractivity contribution in [1.29, 1.82) is 0 Å². The van der Waals surface area contributed by atoms with Gasteiger partial charge in [0.05, 0.1) is 0 Å². The highest BCUT2D eigenvalue weighted by atomic mass is 14.7. The van der Waals surface area contributed by atoms with E-state index in [0.29, 0.717) is 0 Å². The number of hydrogen-bond donors (Lipinski definition) is 0. The molecule has 1 rings (SSSR count). The zero-order valence-electron chi connectivity index (χ0n) is 8.44. The van der Waals surface area contributed by atoms with Gasteiger partial charge in [-0.15, -0.1) is 0 Å². The van der Waals surface area contributed by atoms with Crippen molar-refractivity contribution in [2.75, 3.05) is 0 Å². The van der Waals surface area contributed by atoms with Gasteiger partial charge in [-0.2, -0.15) is 0 Å². The Balaban J connectivity index is 3.02. The fourth-order valence-electron chi connectivity index (χ4n) is 1.27. The van der Waals surface area contributed by atoms with Gasteiger partial charge in [0.1, 0.15) is 0 Å². The third kappa shape index (κ3) is 2.07. The Kier molecular flexibility index (Phi) is 2.85. The van der Waals surface area contributed by atoms with Gasteiger partial charge in [-0.25, -0.2) is 0 Å². The number of aliphatic imine (C=N–C) groups is 1. The lowest BCUT2D eigenvalue weighted by molar-refractivity contribution is 0.936. The smallest absolute Gasteiger partial charge is 0.0401 e. The van der Waals surface area contributed by atoms with Crippen molar-refractivity contribution in [3.05, 3.63) is 22.9 Å². The molecule has 0 fully saturated rings. The van der Waals surface area contributed by atoms with Crippen LogP contribution in [0, 0.1) is 0 Å². The molecule has 0 saturated carbocycles. The van der Waals surface area contributed by atoms with E-state index >= 15 is 0 Å². The molecule has 0 unspecified atom stereocenters. The number of hydrogen-bond acceptors (Lipinski definition) is 1. The molecule has 0 atom stereocenters. The first-order valence-corrected chi connectivity index (χ1v) is 4.50. The molecular weight excluding hydrogens is 146 g/mol. The summed E-state index contributed by atoms with van der Waals surface area (Å²) in [6.07, 6.45) is 4.58. The van der Waals surface area contributed by atoms with Crippen molar-refractivity contribution < 1.29 is 0 Å². The maximum absolute atomic E-state index is 4.53. The van der Waals surface area contributed by atoms with Gasteiger partial charge in [0, 0.05) is 11.4 Å². The summed E-state index contributed by atoms with van der Waals surface area (Å²) in [5.41, 5.74) is 5.09. The summed E-state index contributed by atoms with van der Waals surface area (Å²) in [6.45, 7) is 8.47. The van der Waals surface area contributed by atoms with E-state index in [0.717, 1.165) is 18.6 Å². The molecule has 0 radical (unpaired) electrons. The molecule has 1 heterocycles. The van der Waals surface area contributed by atoms with Crippen LogP contribution in [0.2, 0.25) is 0 Å². The van der Waals surface area contributed by atoms with Crippen LogP contribution >= 0.6 is 0 Å². The molecule has 0 aliphatic carbocycles. The Morgan fingerprint density at radius 3 is 2.50 bits per heavy atom. The highest BCUT2D eigenvalue weighted by molar-refractivity contribution is 5.98. The number of allylic oxidation sites excluding steroid dienone is 4. The van der Waals surface area contributed by atoms with Crippen LogP contribution in [0.15, 0.2) is 27.9 Å². The van der Waals surface area contributed by atoms with Crippen molar-refractivity contribution in [2.24, 2.45) is 4.99 Å². The van der Waals surface area contributed by atoms with Crippen molar-refractivity contribution in [1.82, 2.24) is 0 Å². The molecular formula is C11H17N. The van der Waals surface area contributed by atoms with E-state index in [2.05, 4.69) is 38.8 Å². The number of nitrogens with zero attached hydrogens (tertiary/aromatic N) is 1. The lowest BCUT2D eigenvalue weighted by atomic mass is 10.0. The second-order valence-electron chi connectivity index (χ2n) is 3.49. The Morgan fingerprint density at radius 1 is 1.17 bits per heavy atom. The summed E-state index contributed by atoms with van der Waals surface area (Å²) in [4.78, 5) is 4.53. The summed E-state index contributed by atoms with van der Waals surface area (Å²) in [5, 5.41) is 0. The average molecular weight is 163 g/mol. The first-order valence-electron chi connectivity index (χ1n) is 4.50. The largest absolute Gasteiger partial charge is 0.258 e. The van der Waals surface area contributed by atoms with E-state index in [-0.39, 0.29) is 0 Å². The first-order chi connectivity index (χ1) is 5.61. The Bertz CT molecular complexity index is 267. The van der Waals surface area contributed by atoms with Gasteiger partial charge in [-0.3, -0.25) is 4.99 Å². The van der Waals surface area contributed by atoms with Gasteiger partial charge >= 0.3 is 0 Å². The van der Waals surface area contributed by atoms with Crippen LogP contribution in [0.4, 0.5) is 0 Å². The predicted octanol–water partition coefficient (Wildman–Crippen LogP) is 3.48. The molecule has 0 saturated heterocycles. The second kappa shape index (κ2) is 3.70. The monoisotopic (exact) mass is 163 g/mol. The minimum absolute atomic E-state index is 1.15. The van der Waals surface area contributed by atoms with Gasteiger partial charge < -0.3 is 0 Å². The van der Waals surface area contributed by atoms with Crippen molar-refractivity contribution in [3.63, 3.8) is 0 Å². The van der Waals surface area contributed by atoms with Crippen LogP contribution in [0.5, 0.6) is 0 Å². The summed E-state index contributed by atoms with van der Waals surface area (Å²) in [5.74, 6) is 0. The Labute approximate surface area is 74.9 Å². The first kappa shape index (κ1) is 9.24. The maximum atomic E-state index is 4.53. The number of rotatable bonds is 0. The molecule has 66 valence electrons. The summed E-state index contributed by atoms with van der Waals surface area (Å²) in [6, 6.07) is 0. The Morgan fingerprint density at radius 2 is 1.83 bits per heavy atom. The molecule has 0 amide bonds. The molecule has 0 N–H and O–H groups in total. The zero-order valence-corrected chi connectivity index (χ0v) is 8.44. The van der Waals surface area contributed by atoms with E-state index in [1.165, 1.54) is 16.8 Å². The molecule has 0 bridgehead atoms. The van der Waals surface area contributed by atoms with Crippen molar-refractivity contribution >= 4 is 5.71 Å². The standard InChI is InChI=1S/C11H17N/c1-8-6-5-7-9(2)11(4)12-10(8)3/h6H,5,7H2,1-4H3. The lowest BCUT2D eigenvalue weighted by Gasteiger charge is -2.09. The molecule has 0 spiro atoms. The van der Waals surface area contributed by atoms with E-state index in [9.17, 15) is 0 Å². The minimum Gasteiger partial charge on any atom is -0.258 e. The predicted molar refractivity (Wildman–Crippen MR) is 54.5 cm³/mol. The quantitative estimate of drug-likeness (QED) is 0.518. The van der Waals surface area contributed by atoms with Crippen molar-refractivity contribution in [2.45, 2.75) is 40.5 Å². The SMILES string of the molecule is CC1=CCCC(C)=C(C)N=C1C. The third-order valence-corrected chi connectivity index (χ3v) is 2.49. The van der Waals surface area contributed by atoms with Crippen LogP contribution < -0.4 is 0 Å². The van der Waals surface area contributed by atoms with Crippen LogP contribution in [0.3, 0.4) is 0 Å². The van der Waals surface area contributed by atoms with Crippen LogP contribution in [-0.4, -0.2) is 5.71 Å². The zero-order chi connectivity index (χ0) is 9.14. The molecule has 1 heteroatoms. The highest BCUT2D eigenvalue weighted by Gasteiger charge is 2.02. The molecule has 12 heavy (non-hydrogen) atoms. The van der Waals surface area contributed by atoms with E-state index < -0.39 is 0 Å². The molecule has 0 aromatic rings. The molecule has 1 nitrogen and oxygen atoms in total. The van der Waals surface area contributed by atoms with Crippen molar-refractivity contribution in [3.8, 4) is 0 Å². The van der Waals surface area contributed by atoms with Crippen LogP contribution in [0.1, 0.15) is 40.5 Å². The summed E-state index contributed by atoms with van der Waals surface area (Å²) in [7, 11) is 0. The lowest BCUT2D eigenvalue weighted by Crippen LogP contribution is -1.97. The topological polar surface area (TPSA) is 12.4 Å². The Hall–Kier alpha value is -0.850. The molecule has 1 aliphatic rings. The molecule has 1 aliphatic heterocycles. The fourth-order valence-corrected chi connectivity index (χ4v) is 1.27. The molecule has 0 aromatic heterocycles. The third-order valence-electron chi connectivity index (χ3n) is 2.49. The second-order valence-corrected chi connectivity index (χ2v) is 3.49. The van der Waals surface area contributed by atoms with E-state index in [1.807, 2.05) is 0 Å². The van der Waals surface area contributed by atoms with E-state index in [4.69, 9.17) is 0 Å². The van der Waals surface area contributed by atoms with Gasteiger partial charge in [-0.05, 0) is 46.1 Å². The summed E-state index contributed by atoms with van der Waals surface area (Å²) < 4.78 is 0.